The molecule has 0 heterocycles. The van der Waals surface area contributed by atoms with Gasteiger partial charge in [0.1, 0.15) is 0 Å². The van der Waals surface area contributed by atoms with E-state index in [4.69, 9.17) is 0 Å². The van der Waals surface area contributed by atoms with Crippen LogP contribution in [0.4, 0.5) is 0 Å². The molecule has 1 aromatic rings. The van der Waals surface area contributed by atoms with Crippen molar-refractivity contribution in [2.24, 2.45) is 0 Å². The topological polar surface area (TPSA) is 0 Å². The van der Waals surface area contributed by atoms with Gasteiger partial charge in [0.15, 0.2) is 0 Å². The second-order valence-corrected chi connectivity index (χ2v) is 12.7. The van der Waals surface area contributed by atoms with Gasteiger partial charge in [-0.25, -0.2) is 0 Å². The number of rotatable bonds is 2. The predicted octanol–water partition coefficient (Wildman–Crippen LogP) is 6.25. The normalized spacial score (nSPS) is 21.1. The molecule has 116 valence electrons. The van der Waals surface area contributed by atoms with Crippen molar-refractivity contribution in [3.63, 3.8) is 0 Å². The van der Waals surface area contributed by atoms with Crippen LogP contribution in [0.1, 0.15) is 47.2 Å². The minimum atomic E-state index is -1.49. The Morgan fingerprint density at radius 3 is 2.05 bits per heavy atom. The average molecular weight is 309 g/mol. The van der Waals surface area contributed by atoms with Gasteiger partial charge in [-0.3, -0.25) is 0 Å². The van der Waals surface area contributed by atoms with Gasteiger partial charge in [-0.2, -0.15) is 0 Å². The number of fused-ring (bicyclic) bond motifs is 1. The summed E-state index contributed by atoms with van der Waals surface area (Å²) in [5.74, 6) is 0. The Morgan fingerprint density at radius 1 is 0.864 bits per heavy atom. The first-order valence-electron chi connectivity index (χ1n) is 8.40. The van der Waals surface area contributed by atoms with Crippen molar-refractivity contribution in [1.82, 2.24) is 0 Å². The fraction of sp³-hybridized carbons (Fsp3) is 0.429. The number of allylic oxidation sites excluding steroid dienone is 6. The lowest BCUT2D eigenvalue weighted by atomic mass is 9.93. The number of benzene rings is 1. The lowest BCUT2D eigenvalue weighted by Gasteiger charge is -2.36. The van der Waals surface area contributed by atoms with Gasteiger partial charge in [-0.05, 0) is 73.6 Å². The van der Waals surface area contributed by atoms with Crippen molar-refractivity contribution in [2.75, 3.05) is 0 Å². The third kappa shape index (κ3) is 2.02. The van der Waals surface area contributed by atoms with Crippen LogP contribution < -0.4 is 0 Å². The van der Waals surface area contributed by atoms with Gasteiger partial charge >= 0.3 is 0 Å². The van der Waals surface area contributed by atoms with Crippen LogP contribution in [0, 0.1) is 20.8 Å². The zero-order chi connectivity index (χ0) is 16.2. The molecule has 0 fully saturated rings. The zero-order valence-electron chi connectivity index (χ0n) is 15.0. The highest BCUT2D eigenvalue weighted by Crippen LogP contribution is 2.52. The maximum atomic E-state index is 2.57. The van der Waals surface area contributed by atoms with Crippen LogP contribution in [0.3, 0.4) is 0 Å². The van der Waals surface area contributed by atoms with Gasteiger partial charge in [0, 0.05) is 5.54 Å². The molecule has 0 aliphatic heterocycles. The summed E-state index contributed by atoms with van der Waals surface area (Å²) in [6.45, 7) is 16.7. The summed E-state index contributed by atoms with van der Waals surface area (Å²) >= 11 is 0. The van der Waals surface area contributed by atoms with Crippen molar-refractivity contribution in [3.05, 3.63) is 63.8 Å². The zero-order valence-corrected chi connectivity index (χ0v) is 16.0. The van der Waals surface area contributed by atoms with E-state index in [0.29, 0.717) is 11.1 Å². The third-order valence-electron chi connectivity index (χ3n) is 6.25. The van der Waals surface area contributed by atoms with Crippen molar-refractivity contribution in [1.29, 1.82) is 0 Å². The van der Waals surface area contributed by atoms with Crippen LogP contribution in [0.5, 0.6) is 0 Å². The molecule has 2 aliphatic rings. The highest BCUT2D eigenvalue weighted by atomic mass is 28.3. The Hall–Kier alpha value is -1.34. The largest absolute Gasteiger partial charge is 0.0803 e. The maximum absolute atomic E-state index is 2.57. The Bertz CT molecular complexity index is 717. The quantitative estimate of drug-likeness (QED) is 0.567. The molecule has 0 radical (unpaired) electrons. The highest BCUT2D eigenvalue weighted by molar-refractivity contribution is 6.82. The van der Waals surface area contributed by atoms with E-state index < -0.39 is 8.07 Å². The number of hydrogen-bond donors (Lipinski definition) is 0. The number of hydrogen-bond acceptors (Lipinski definition) is 0. The van der Waals surface area contributed by atoms with E-state index in [-0.39, 0.29) is 0 Å². The fourth-order valence-corrected chi connectivity index (χ4v) is 8.53. The van der Waals surface area contributed by atoms with Crippen molar-refractivity contribution < 1.29 is 0 Å². The standard InChI is InChI=1S/C21H28Si/c1-13-12-19-20(15(3)14(13)2)16(4)17(5)21(19)22(6,7)18-10-8-9-11-18/h8-12,18,21H,1-7H3. The molecule has 1 heteroatoms. The molecule has 3 rings (SSSR count). The van der Waals surface area contributed by atoms with Crippen LogP contribution in [-0.4, -0.2) is 8.07 Å². The first kappa shape index (κ1) is 15.5. The van der Waals surface area contributed by atoms with E-state index in [0.717, 1.165) is 0 Å². The summed E-state index contributed by atoms with van der Waals surface area (Å²) in [5, 5.41) is 0. The molecule has 0 aromatic heterocycles. The van der Waals surface area contributed by atoms with Gasteiger partial charge in [0.25, 0.3) is 0 Å². The van der Waals surface area contributed by atoms with E-state index in [1.807, 2.05) is 0 Å². The predicted molar refractivity (Wildman–Crippen MR) is 101 cm³/mol. The average Bonchev–Trinajstić information content (AvgIpc) is 3.06. The molecular formula is C21H28Si. The van der Waals surface area contributed by atoms with E-state index in [1.165, 1.54) is 22.3 Å². The maximum Gasteiger partial charge on any atom is 0.0710 e. The lowest BCUT2D eigenvalue weighted by molar-refractivity contribution is 1.02. The van der Waals surface area contributed by atoms with Gasteiger partial charge in [-0.1, -0.05) is 49.0 Å². The third-order valence-corrected chi connectivity index (χ3v) is 10.6. The summed E-state index contributed by atoms with van der Waals surface area (Å²) in [6, 6.07) is 2.49. The first-order chi connectivity index (χ1) is 10.3. The van der Waals surface area contributed by atoms with Gasteiger partial charge in [0.05, 0.1) is 8.07 Å². The monoisotopic (exact) mass is 308 g/mol. The highest BCUT2D eigenvalue weighted by Gasteiger charge is 2.44. The molecule has 0 saturated carbocycles. The smallest absolute Gasteiger partial charge is 0.0710 e. The van der Waals surface area contributed by atoms with E-state index in [1.54, 1.807) is 16.7 Å². The molecule has 22 heavy (non-hydrogen) atoms. The second kappa shape index (κ2) is 5.09. The molecule has 0 nitrogen and oxygen atoms in total. The molecule has 0 amide bonds. The Balaban J connectivity index is 2.21. The minimum absolute atomic E-state index is 0.651. The molecule has 0 bridgehead atoms. The Labute approximate surface area is 136 Å². The molecule has 1 atom stereocenters. The van der Waals surface area contributed by atoms with Crippen molar-refractivity contribution in [3.8, 4) is 0 Å². The summed E-state index contributed by atoms with van der Waals surface area (Å²) in [5.41, 5.74) is 12.0. The molecule has 1 aromatic carbocycles. The van der Waals surface area contributed by atoms with E-state index in [2.05, 4.69) is 78.1 Å². The fourth-order valence-electron chi connectivity index (χ4n) is 4.56. The number of aryl methyl sites for hydroxylation is 1. The SMILES string of the molecule is CC1=C(C)C([Si](C)(C)C2C=CC=C2)c2cc(C)c(C)c(C)c21. The summed E-state index contributed by atoms with van der Waals surface area (Å²) in [4.78, 5) is 0. The molecule has 1 unspecified atom stereocenters. The van der Waals surface area contributed by atoms with Crippen molar-refractivity contribution in [2.45, 2.75) is 58.8 Å². The first-order valence-corrected chi connectivity index (χ1v) is 11.6. The second-order valence-electron chi connectivity index (χ2n) is 7.77. The van der Waals surface area contributed by atoms with Crippen LogP contribution in [0.15, 0.2) is 35.9 Å². The Morgan fingerprint density at radius 2 is 1.45 bits per heavy atom. The van der Waals surface area contributed by atoms with Crippen LogP contribution in [0.2, 0.25) is 18.6 Å². The van der Waals surface area contributed by atoms with Crippen LogP contribution in [0.25, 0.3) is 5.57 Å². The van der Waals surface area contributed by atoms with E-state index >= 15 is 0 Å². The Kier molecular flexibility index (Phi) is 3.60. The lowest BCUT2D eigenvalue weighted by Crippen LogP contribution is -2.38. The van der Waals surface area contributed by atoms with Gasteiger partial charge in [-0.15, -0.1) is 0 Å². The van der Waals surface area contributed by atoms with Crippen LogP contribution in [-0.2, 0) is 0 Å². The summed E-state index contributed by atoms with van der Waals surface area (Å²) in [7, 11) is -1.49. The molecule has 0 saturated heterocycles. The molecule has 0 spiro atoms. The van der Waals surface area contributed by atoms with Gasteiger partial charge in [0.2, 0.25) is 0 Å². The minimum Gasteiger partial charge on any atom is -0.0803 e. The molecule has 0 N–H and O–H groups in total. The summed E-state index contributed by atoms with van der Waals surface area (Å²) in [6.07, 6.45) is 9.29. The van der Waals surface area contributed by atoms with E-state index in [9.17, 15) is 0 Å². The van der Waals surface area contributed by atoms with Crippen molar-refractivity contribution >= 4 is 13.6 Å². The molecule has 2 aliphatic carbocycles. The van der Waals surface area contributed by atoms with Gasteiger partial charge < -0.3 is 0 Å². The molecular weight excluding hydrogens is 280 g/mol. The summed E-state index contributed by atoms with van der Waals surface area (Å²) < 4.78 is 0. The van der Waals surface area contributed by atoms with Crippen LogP contribution >= 0.6 is 0 Å².